The van der Waals surface area contributed by atoms with Crippen molar-refractivity contribution >= 4 is 23.8 Å². The summed E-state index contributed by atoms with van der Waals surface area (Å²) in [7, 11) is 0. The zero-order valence-corrected chi connectivity index (χ0v) is 12.5. The lowest BCUT2D eigenvalue weighted by Gasteiger charge is -2.22. The van der Waals surface area contributed by atoms with E-state index in [0.29, 0.717) is 13.1 Å². The number of urea groups is 1. The van der Waals surface area contributed by atoms with Crippen molar-refractivity contribution in [2.45, 2.75) is 24.8 Å². The molecule has 1 aromatic carbocycles. The molecule has 2 N–H and O–H groups in total. The van der Waals surface area contributed by atoms with Crippen LogP contribution in [0.25, 0.3) is 0 Å². The van der Waals surface area contributed by atoms with E-state index >= 15 is 0 Å². The highest BCUT2D eigenvalue weighted by atomic mass is 32.2. The third kappa shape index (κ3) is 5.52. The van der Waals surface area contributed by atoms with Gasteiger partial charge in [-0.3, -0.25) is 4.79 Å². The van der Waals surface area contributed by atoms with Gasteiger partial charge in [-0.05, 0) is 26.0 Å². The summed E-state index contributed by atoms with van der Waals surface area (Å²) in [6.07, 6.45) is 0. The van der Waals surface area contributed by atoms with Crippen molar-refractivity contribution in [3.63, 3.8) is 0 Å². The van der Waals surface area contributed by atoms with Crippen LogP contribution in [0.5, 0.6) is 0 Å². The third-order valence-electron chi connectivity index (χ3n) is 2.75. The fourth-order valence-corrected chi connectivity index (χ4v) is 2.43. The molecule has 0 saturated carbocycles. The van der Waals surface area contributed by atoms with Gasteiger partial charge in [-0.15, -0.1) is 11.8 Å². The van der Waals surface area contributed by atoms with Gasteiger partial charge in [0, 0.05) is 23.7 Å². The molecule has 1 atom stereocenters. The summed E-state index contributed by atoms with van der Waals surface area (Å²) >= 11 is 1.67. The van der Waals surface area contributed by atoms with Crippen molar-refractivity contribution in [2.24, 2.45) is 0 Å². The van der Waals surface area contributed by atoms with Gasteiger partial charge in [-0.25, -0.2) is 4.79 Å². The number of nitrogens with zero attached hydrogens (tertiary/aromatic N) is 1. The molecule has 110 valence electrons. The number of carboxylic acids is 1. The normalized spacial score (nSPS) is 11.7. The van der Waals surface area contributed by atoms with Crippen molar-refractivity contribution in [3.05, 3.63) is 30.3 Å². The average molecular weight is 296 g/mol. The summed E-state index contributed by atoms with van der Waals surface area (Å²) in [5.74, 6) is -0.264. The van der Waals surface area contributed by atoms with Gasteiger partial charge in [-0.1, -0.05) is 18.2 Å². The Balaban J connectivity index is 2.39. The Bertz CT molecular complexity index is 439. The molecule has 0 bridgehead atoms. The minimum Gasteiger partial charge on any atom is -0.480 e. The fraction of sp³-hybridized carbons (Fsp3) is 0.429. The molecule has 0 aromatic heterocycles. The molecule has 0 saturated heterocycles. The number of thioether (sulfide) groups is 1. The molecule has 0 aliphatic carbocycles. The molecule has 0 unspecified atom stereocenters. The van der Waals surface area contributed by atoms with Gasteiger partial charge in [-0.2, -0.15) is 0 Å². The lowest BCUT2D eigenvalue weighted by molar-refractivity contribution is -0.138. The predicted molar refractivity (Wildman–Crippen MR) is 80.0 cm³/mol. The Morgan fingerprint density at radius 1 is 1.35 bits per heavy atom. The molecular weight excluding hydrogens is 276 g/mol. The number of carboxylic acid groups (broad SMARTS) is 1. The lowest BCUT2D eigenvalue weighted by atomic mass is 10.3. The Morgan fingerprint density at radius 2 is 2.00 bits per heavy atom. The molecule has 6 heteroatoms. The minimum atomic E-state index is -1.03. The number of hydrogen-bond donors (Lipinski definition) is 2. The van der Waals surface area contributed by atoms with Crippen LogP contribution in [0.15, 0.2) is 35.2 Å². The molecule has 2 amide bonds. The van der Waals surface area contributed by atoms with Crippen LogP contribution in [-0.4, -0.2) is 46.9 Å². The van der Waals surface area contributed by atoms with E-state index in [2.05, 4.69) is 5.32 Å². The van der Waals surface area contributed by atoms with Gasteiger partial charge in [0.1, 0.15) is 6.04 Å². The minimum absolute atomic E-state index is 0.337. The first-order valence-corrected chi connectivity index (χ1v) is 7.49. The molecule has 0 spiro atoms. The van der Waals surface area contributed by atoms with E-state index in [4.69, 9.17) is 5.11 Å². The zero-order chi connectivity index (χ0) is 15.0. The fourth-order valence-electron chi connectivity index (χ4n) is 1.53. The third-order valence-corrected chi connectivity index (χ3v) is 3.74. The van der Waals surface area contributed by atoms with Crippen LogP contribution < -0.4 is 5.32 Å². The maximum Gasteiger partial charge on any atom is 0.325 e. The first kappa shape index (κ1) is 16.4. The van der Waals surface area contributed by atoms with E-state index in [1.165, 1.54) is 6.92 Å². The number of hydrogen-bond acceptors (Lipinski definition) is 3. The van der Waals surface area contributed by atoms with Gasteiger partial charge >= 0.3 is 12.0 Å². The van der Waals surface area contributed by atoms with Gasteiger partial charge in [0.05, 0.1) is 0 Å². The van der Waals surface area contributed by atoms with Crippen molar-refractivity contribution in [1.82, 2.24) is 10.2 Å². The monoisotopic (exact) mass is 296 g/mol. The van der Waals surface area contributed by atoms with Gasteiger partial charge < -0.3 is 15.3 Å². The first-order chi connectivity index (χ1) is 9.54. The summed E-state index contributed by atoms with van der Waals surface area (Å²) in [5.41, 5.74) is 0. The molecule has 5 nitrogen and oxygen atoms in total. The maximum atomic E-state index is 11.9. The highest BCUT2D eigenvalue weighted by molar-refractivity contribution is 7.99. The second-order valence-corrected chi connectivity index (χ2v) is 5.42. The first-order valence-electron chi connectivity index (χ1n) is 6.50. The van der Waals surface area contributed by atoms with Crippen LogP contribution in [0.4, 0.5) is 4.79 Å². The van der Waals surface area contributed by atoms with Crippen LogP contribution in [0, 0.1) is 0 Å². The smallest absolute Gasteiger partial charge is 0.325 e. The number of rotatable bonds is 7. The highest BCUT2D eigenvalue weighted by Gasteiger charge is 2.17. The second kappa shape index (κ2) is 8.47. The van der Waals surface area contributed by atoms with Crippen molar-refractivity contribution < 1.29 is 14.7 Å². The Kier molecular flexibility index (Phi) is 6.93. The van der Waals surface area contributed by atoms with Crippen LogP contribution in [0.2, 0.25) is 0 Å². The summed E-state index contributed by atoms with van der Waals surface area (Å²) in [6.45, 7) is 4.45. The van der Waals surface area contributed by atoms with E-state index in [1.807, 2.05) is 37.3 Å². The lowest BCUT2D eigenvalue weighted by Crippen LogP contribution is -2.47. The number of carbonyl (C=O) groups is 2. The summed E-state index contributed by atoms with van der Waals surface area (Å²) in [5, 5.41) is 11.2. The highest BCUT2D eigenvalue weighted by Crippen LogP contribution is 2.16. The molecule has 0 radical (unpaired) electrons. The topological polar surface area (TPSA) is 69.6 Å². The molecule has 0 heterocycles. The average Bonchev–Trinajstić information content (AvgIpc) is 2.44. The summed E-state index contributed by atoms with van der Waals surface area (Å²) in [4.78, 5) is 25.3. The molecule has 20 heavy (non-hydrogen) atoms. The molecule has 1 aromatic rings. The van der Waals surface area contributed by atoms with Crippen LogP contribution in [0.3, 0.4) is 0 Å². The standard InChI is InChI=1S/C14H20N2O3S/c1-3-16(14(19)15-11(2)13(17)18)9-10-20-12-7-5-4-6-8-12/h4-8,11H,3,9-10H2,1-2H3,(H,15,19)(H,17,18)/t11-/m0/s1. The number of benzene rings is 1. The van der Waals surface area contributed by atoms with Gasteiger partial charge in [0.25, 0.3) is 0 Å². The second-order valence-electron chi connectivity index (χ2n) is 4.25. The van der Waals surface area contributed by atoms with E-state index in [9.17, 15) is 9.59 Å². The quantitative estimate of drug-likeness (QED) is 0.757. The Labute approximate surface area is 123 Å². The van der Waals surface area contributed by atoms with Crippen molar-refractivity contribution in [2.75, 3.05) is 18.8 Å². The van der Waals surface area contributed by atoms with E-state index in [-0.39, 0.29) is 6.03 Å². The van der Waals surface area contributed by atoms with Crippen LogP contribution in [0.1, 0.15) is 13.8 Å². The summed E-state index contributed by atoms with van der Waals surface area (Å²) in [6, 6.07) is 8.74. The van der Waals surface area contributed by atoms with Crippen molar-refractivity contribution in [1.29, 1.82) is 0 Å². The van der Waals surface area contributed by atoms with Crippen molar-refractivity contribution in [3.8, 4) is 0 Å². The predicted octanol–water partition coefficient (Wildman–Crippen LogP) is 2.28. The van der Waals surface area contributed by atoms with Gasteiger partial charge in [0.2, 0.25) is 0 Å². The number of aliphatic carboxylic acids is 1. The Hall–Kier alpha value is -1.69. The molecule has 0 fully saturated rings. The van der Waals surface area contributed by atoms with E-state index in [0.717, 1.165) is 10.6 Å². The largest absolute Gasteiger partial charge is 0.480 e. The van der Waals surface area contributed by atoms with E-state index < -0.39 is 12.0 Å². The molecular formula is C14H20N2O3S. The molecule has 0 aliphatic heterocycles. The number of nitrogens with one attached hydrogen (secondary N) is 1. The molecule has 0 aliphatic rings. The van der Waals surface area contributed by atoms with Crippen LogP contribution >= 0.6 is 11.8 Å². The molecule has 1 rings (SSSR count). The number of carbonyl (C=O) groups excluding carboxylic acids is 1. The van der Waals surface area contributed by atoms with Gasteiger partial charge in [0.15, 0.2) is 0 Å². The maximum absolute atomic E-state index is 11.9. The summed E-state index contributed by atoms with van der Waals surface area (Å²) < 4.78 is 0. The Morgan fingerprint density at radius 3 is 2.55 bits per heavy atom. The van der Waals surface area contributed by atoms with Crippen LogP contribution in [-0.2, 0) is 4.79 Å². The SMILES string of the molecule is CCN(CCSc1ccccc1)C(=O)N[C@@H](C)C(=O)O. The van der Waals surface area contributed by atoms with E-state index in [1.54, 1.807) is 16.7 Å². The zero-order valence-electron chi connectivity index (χ0n) is 11.7. The number of amides is 2.